The van der Waals surface area contributed by atoms with Gasteiger partial charge in [0.05, 0.1) is 10.2 Å². The molecule has 1 aliphatic rings. The van der Waals surface area contributed by atoms with Crippen LogP contribution in [0.5, 0.6) is 0 Å². The molecule has 0 unspecified atom stereocenters. The molecule has 4 rings (SSSR count). The molecule has 0 saturated carbocycles. The van der Waals surface area contributed by atoms with Crippen LogP contribution < -0.4 is 0 Å². The zero-order valence-electron chi connectivity index (χ0n) is 15.4. The van der Waals surface area contributed by atoms with Crippen LogP contribution in [0.25, 0.3) is 16.3 Å². The molecule has 3 aromatic rings. The summed E-state index contributed by atoms with van der Waals surface area (Å²) in [6, 6.07) is 13.1. The van der Waals surface area contributed by atoms with E-state index in [2.05, 4.69) is 4.98 Å². The summed E-state index contributed by atoms with van der Waals surface area (Å²) in [4.78, 5) is 18.2. The van der Waals surface area contributed by atoms with Gasteiger partial charge in [0.1, 0.15) is 15.7 Å². The molecule has 0 bridgehead atoms. The number of carbonyl (C=O) groups excluding carboxylic acids is 1. The maximum atomic E-state index is 13.9. The molecule has 0 radical (unpaired) electrons. The van der Waals surface area contributed by atoms with Crippen molar-refractivity contribution in [2.75, 3.05) is 26.2 Å². The van der Waals surface area contributed by atoms with Crippen molar-refractivity contribution in [3.05, 3.63) is 65.4 Å². The van der Waals surface area contributed by atoms with E-state index in [1.165, 1.54) is 39.9 Å². The number of thiazole rings is 1. The molecule has 29 heavy (non-hydrogen) atoms. The molecule has 6 nitrogen and oxygen atoms in total. The third kappa shape index (κ3) is 4.07. The first kappa shape index (κ1) is 19.7. The minimum atomic E-state index is -3.92. The van der Waals surface area contributed by atoms with Gasteiger partial charge in [-0.2, -0.15) is 4.31 Å². The summed E-state index contributed by atoms with van der Waals surface area (Å²) >= 11 is 1.50. The first-order valence-electron chi connectivity index (χ1n) is 9.02. The Morgan fingerprint density at radius 3 is 2.45 bits per heavy atom. The molecule has 0 atom stereocenters. The number of rotatable bonds is 4. The van der Waals surface area contributed by atoms with Gasteiger partial charge in [0.25, 0.3) is 0 Å². The average Bonchev–Trinajstić information content (AvgIpc) is 3.15. The Morgan fingerprint density at radius 1 is 1.03 bits per heavy atom. The number of para-hydroxylation sites is 1. The van der Waals surface area contributed by atoms with Gasteiger partial charge in [-0.25, -0.2) is 17.8 Å². The molecule has 1 aliphatic heterocycles. The summed E-state index contributed by atoms with van der Waals surface area (Å²) < 4.78 is 41.4. The fraction of sp³-hybridized carbons (Fsp3) is 0.200. The summed E-state index contributed by atoms with van der Waals surface area (Å²) in [5.74, 6) is -0.975. The molecule has 1 saturated heterocycles. The lowest BCUT2D eigenvalue weighted by atomic mass is 10.3. The molecular weight excluding hydrogens is 413 g/mol. The maximum absolute atomic E-state index is 13.9. The van der Waals surface area contributed by atoms with E-state index in [9.17, 15) is 17.6 Å². The van der Waals surface area contributed by atoms with Gasteiger partial charge in [0, 0.05) is 32.3 Å². The normalized spacial score (nSPS) is 16.0. The predicted octanol–water partition coefficient (Wildman–Crippen LogP) is 2.98. The topological polar surface area (TPSA) is 70.6 Å². The number of piperazine rings is 1. The van der Waals surface area contributed by atoms with Gasteiger partial charge in [-0.15, -0.1) is 11.3 Å². The van der Waals surface area contributed by atoms with E-state index in [-0.39, 0.29) is 37.0 Å². The fourth-order valence-corrected chi connectivity index (χ4v) is 5.51. The summed E-state index contributed by atoms with van der Waals surface area (Å²) in [5, 5.41) is 0.736. The molecule has 2 heterocycles. The number of halogens is 1. The van der Waals surface area contributed by atoms with Gasteiger partial charge >= 0.3 is 0 Å². The van der Waals surface area contributed by atoms with Crippen LogP contribution in [0.15, 0.2) is 59.5 Å². The number of hydrogen-bond donors (Lipinski definition) is 0. The standard InChI is InChI=1S/C20H18FN3O3S2/c21-15-5-1-4-8-18(15)29(26,27)24-13-11-23(12-14-24)20(25)10-9-19-22-16-6-2-3-7-17(16)28-19/h1-10H,11-14H2. The highest BCUT2D eigenvalue weighted by Crippen LogP contribution is 2.23. The molecule has 150 valence electrons. The molecule has 0 N–H and O–H groups in total. The highest BCUT2D eigenvalue weighted by molar-refractivity contribution is 7.89. The van der Waals surface area contributed by atoms with E-state index in [4.69, 9.17) is 0 Å². The number of benzene rings is 2. The van der Waals surface area contributed by atoms with E-state index < -0.39 is 15.8 Å². The quantitative estimate of drug-likeness (QED) is 0.596. The minimum Gasteiger partial charge on any atom is -0.337 e. The number of fused-ring (bicyclic) bond motifs is 1. The summed E-state index contributed by atoms with van der Waals surface area (Å²) in [7, 11) is -3.92. The SMILES string of the molecule is O=C(C=Cc1nc2ccccc2s1)N1CCN(S(=O)(=O)c2ccccc2F)CC1. The van der Waals surface area contributed by atoms with Gasteiger partial charge in [-0.05, 0) is 30.3 Å². The molecule has 9 heteroatoms. The number of nitrogens with zero attached hydrogens (tertiary/aromatic N) is 3. The monoisotopic (exact) mass is 431 g/mol. The van der Waals surface area contributed by atoms with Crippen molar-refractivity contribution < 1.29 is 17.6 Å². The fourth-order valence-electron chi connectivity index (χ4n) is 3.15. The lowest BCUT2D eigenvalue weighted by Crippen LogP contribution is -2.50. The van der Waals surface area contributed by atoms with Gasteiger partial charge in [-0.3, -0.25) is 4.79 Å². The number of carbonyl (C=O) groups is 1. The molecule has 0 aliphatic carbocycles. The molecule has 2 aromatic carbocycles. The van der Waals surface area contributed by atoms with Gasteiger partial charge in [0.2, 0.25) is 15.9 Å². The van der Waals surface area contributed by atoms with Crippen molar-refractivity contribution in [2.45, 2.75) is 4.90 Å². The zero-order chi connectivity index (χ0) is 20.4. The average molecular weight is 432 g/mol. The van der Waals surface area contributed by atoms with Crippen LogP contribution in [-0.2, 0) is 14.8 Å². The Labute approximate surface area is 171 Å². The molecular formula is C20H18FN3O3S2. The Morgan fingerprint density at radius 2 is 1.72 bits per heavy atom. The third-order valence-electron chi connectivity index (χ3n) is 4.68. The lowest BCUT2D eigenvalue weighted by molar-refractivity contribution is -0.127. The predicted molar refractivity (Wildman–Crippen MR) is 110 cm³/mol. The van der Waals surface area contributed by atoms with Crippen LogP contribution in [0.3, 0.4) is 0 Å². The lowest BCUT2D eigenvalue weighted by Gasteiger charge is -2.33. The maximum Gasteiger partial charge on any atom is 0.246 e. The first-order valence-corrected chi connectivity index (χ1v) is 11.3. The van der Waals surface area contributed by atoms with Crippen molar-refractivity contribution in [1.29, 1.82) is 0 Å². The second-order valence-electron chi connectivity index (χ2n) is 6.51. The molecule has 0 spiro atoms. The van der Waals surface area contributed by atoms with Crippen LogP contribution in [-0.4, -0.2) is 54.7 Å². The van der Waals surface area contributed by atoms with E-state index in [1.54, 1.807) is 11.0 Å². The van der Waals surface area contributed by atoms with E-state index in [0.717, 1.165) is 21.3 Å². The second-order valence-corrected chi connectivity index (χ2v) is 9.48. The second kappa shape index (κ2) is 8.02. The van der Waals surface area contributed by atoms with E-state index >= 15 is 0 Å². The molecule has 1 amide bonds. The Kier molecular flexibility index (Phi) is 5.44. The van der Waals surface area contributed by atoms with Crippen molar-refractivity contribution in [2.24, 2.45) is 0 Å². The summed E-state index contributed by atoms with van der Waals surface area (Å²) in [5.41, 5.74) is 0.886. The highest BCUT2D eigenvalue weighted by Gasteiger charge is 2.31. The summed E-state index contributed by atoms with van der Waals surface area (Å²) in [6.45, 7) is 0.738. The number of aromatic nitrogens is 1. The Bertz CT molecular complexity index is 1150. The third-order valence-corrected chi connectivity index (χ3v) is 7.62. The van der Waals surface area contributed by atoms with Crippen LogP contribution >= 0.6 is 11.3 Å². The zero-order valence-corrected chi connectivity index (χ0v) is 17.0. The molecule has 1 aromatic heterocycles. The van der Waals surface area contributed by atoms with Crippen molar-refractivity contribution in [3.8, 4) is 0 Å². The molecule has 1 fully saturated rings. The van der Waals surface area contributed by atoms with E-state index in [0.29, 0.717) is 0 Å². The number of hydrogen-bond acceptors (Lipinski definition) is 5. The highest BCUT2D eigenvalue weighted by atomic mass is 32.2. The van der Waals surface area contributed by atoms with E-state index in [1.807, 2.05) is 24.3 Å². The van der Waals surface area contributed by atoms with Gasteiger partial charge in [-0.1, -0.05) is 24.3 Å². The van der Waals surface area contributed by atoms with Crippen LogP contribution in [0.1, 0.15) is 5.01 Å². The largest absolute Gasteiger partial charge is 0.337 e. The first-order chi connectivity index (χ1) is 13.9. The Balaban J connectivity index is 1.40. The van der Waals surface area contributed by atoms with Crippen LogP contribution in [0.2, 0.25) is 0 Å². The van der Waals surface area contributed by atoms with Crippen LogP contribution in [0, 0.1) is 5.82 Å². The van der Waals surface area contributed by atoms with Gasteiger partial charge in [0.15, 0.2) is 0 Å². The number of amides is 1. The van der Waals surface area contributed by atoms with Crippen molar-refractivity contribution >= 4 is 43.6 Å². The minimum absolute atomic E-state index is 0.122. The Hall–Kier alpha value is -2.62. The van der Waals surface area contributed by atoms with Crippen molar-refractivity contribution in [3.63, 3.8) is 0 Å². The number of sulfonamides is 1. The van der Waals surface area contributed by atoms with Crippen molar-refractivity contribution in [1.82, 2.24) is 14.2 Å². The van der Waals surface area contributed by atoms with Crippen LogP contribution in [0.4, 0.5) is 4.39 Å². The smallest absolute Gasteiger partial charge is 0.246 e. The van der Waals surface area contributed by atoms with Gasteiger partial charge < -0.3 is 4.90 Å². The summed E-state index contributed by atoms with van der Waals surface area (Å²) in [6.07, 6.45) is 3.13.